The van der Waals surface area contributed by atoms with Gasteiger partial charge in [0.05, 0.1) is 12.0 Å². The van der Waals surface area contributed by atoms with Gasteiger partial charge in [-0.3, -0.25) is 15.6 Å². The van der Waals surface area contributed by atoms with Crippen LogP contribution in [0.15, 0.2) is 42.5 Å². The van der Waals surface area contributed by atoms with E-state index in [1.54, 1.807) is 0 Å². The molecule has 0 aromatic heterocycles. The number of hydrogen-bond donors (Lipinski definition) is 2. The largest absolute Gasteiger partial charge is 0.335 e. The molecule has 1 amide bonds. The molecule has 1 aliphatic carbocycles. The lowest BCUT2D eigenvalue weighted by Gasteiger charge is -2.36. The Kier molecular flexibility index (Phi) is 4.18. The molecule has 4 nitrogen and oxygen atoms in total. The summed E-state index contributed by atoms with van der Waals surface area (Å²) in [6, 6.07) is 15.6. The molecule has 5 rings (SSSR count). The minimum absolute atomic E-state index is 0.124. The van der Waals surface area contributed by atoms with Crippen LogP contribution in [0.25, 0.3) is 10.8 Å². The van der Waals surface area contributed by atoms with Crippen LogP contribution < -0.4 is 10.9 Å². The summed E-state index contributed by atoms with van der Waals surface area (Å²) < 4.78 is 0. The van der Waals surface area contributed by atoms with Gasteiger partial charge in [0.2, 0.25) is 5.91 Å². The van der Waals surface area contributed by atoms with Gasteiger partial charge in [0, 0.05) is 19.1 Å². The highest BCUT2D eigenvalue weighted by Crippen LogP contribution is 2.39. The van der Waals surface area contributed by atoms with Crippen molar-refractivity contribution in [2.45, 2.75) is 44.2 Å². The smallest absolute Gasteiger partial charge is 0.227 e. The predicted molar refractivity (Wildman–Crippen MR) is 103 cm³/mol. The first-order valence-corrected chi connectivity index (χ1v) is 10.1. The van der Waals surface area contributed by atoms with Crippen LogP contribution >= 0.6 is 0 Å². The zero-order valence-corrected chi connectivity index (χ0v) is 15.2. The van der Waals surface area contributed by atoms with Gasteiger partial charge in [0.15, 0.2) is 0 Å². The first-order chi connectivity index (χ1) is 12.8. The number of carbonyl (C=O) groups is 1. The maximum Gasteiger partial charge on any atom is 0.227 e. The zero-order valence-electron chi connectivity index (χ0n) is 15.2. The van der Waals surface area contributed by atoms with E-state index < -0.39 is 0 Å². The maximum atomic E-state index is 13.5. The van der Waals surface area contributed by atoms with Crippen molar-refractivity contribution in [1.82, 2.24) is 15.8 Å². The predicted octanol–water partition coefficient (Wildman–Crippen LogP) is 3.40. The third kappa shape index (κ3) is 2.63. The van der Waals surface area contributed by atoms with Gasteiger partial charge in [-0.1, -0.05) is 48.9 Å². The van der Waals surface area contributed by atoms with Crippen LogP contribution in [-0.2, 0) is 4.79 Å². The number of rotatable bonds is 2. The average molecular weight is 349 g/mol. The number of fused-ring (bicyclic) bond motifs is 2. The van der Waals surface area contributed by atoms with Gasteiger partial charge >= 0.3 is 0 Å². The molecule has 2 aromatic rings. The van der Waals surface area contributed by atoms with Crippen LogP contribution in [0.1, 0.15) is 43.7 Å². The molecular formula is C22H27N3O. The van der Waals surface area contributed by atoms with E-state index in [1.165, 1.54) is 29.2 Å². The number of carbonyl (C=O) groups excluding carboxylic acids is 1. The van der Waals surface area contributed by atoms with Crippen LogP contribution in [0.4, 0.5) is 0 Å². The lowest BCUT2D eigenvalue weighted by molar-refractivity contribution is -0.138. The molecule has 136 valence electrons. The van der Waals surface area contributed by atoms with Crippen molar-refractivity contribution in [2.24, 2.45) is 11.8 Å². The van der Waals surface area contributed by atoms with Gasteiger partial charge in [0.25, 0.3) is 0 Å². The number of nitrogens with one attached hydrogen (secondary N) is 2. The molecule has 3 fully saturated rings. The van der Waals surface area contributed by atoms with Crippen molar-refractivity contribution in [3.05, 3.63) is 48.0 Å². The fourth-order valence-corrected chi connectivity index (χ4v) is 5.43. The number of benzene rings is 2. The summed E-state index contributed by atoms with van der Waals surface area (Å²) in [7, 11) is 0. The van der Waals surface area contributed by atoms with Crippen LogP contribution in [0.2, 0.25) is 0 Å². The summed E-state index contributed by atoms with van der Waals surface area (Å²) >= 11 is 0. The average Bonchev–Trinajstić information content (AvgIpc) is 3.36. The molecule has 4 unspecified atom stereocenters. The second-order valence-corrected chi connectivity index (χ2v) is 8.11. The van der Waals surface area contributed by atoms with Crippen molar-refractivity contribution in [2.75, 3.05) is 13.1 Å². The monoisotopic (exact) mass is 349 g/mol. The molecule has 2 heterocycles. The highest BCUT2D eigenvalue weighted by Gasteiger charge is 2.43. The molecule has 2 aliphatic heterocycles. The van der Waals surface area contributed by atoms with Crippen LogP contribution in [0, 0.1) is 11.8 Å². The van der Waals surface area contributed by atoms with E-state index in [1.807, 2.05) is 0 Å². The lowest BCUT2D eigenvalue weighted by Crippen LogP contribution is -2.49. The minimum atomic E-state index is 0.124. The highest BCUT2D eigenvalue weighted by atomic mass is 16.2. The molecule has 26 heavy (non-hydrogen) atoms. The number of nitrogens with zero attached hydrogens (tertiary/aromatic N) is 1. The normalized spacial score (nSPS) is 31.3. The third-order valence-electron chi connectivity index (χ3n) is 6.70. The van der Waals surface area contributed by atoms with E-state index in [-0.39, 0.29) is 12.0 Å². The molecule has 4 atom stereocenters. The van der Waals surface area contributed by atoms with Gasteiger partial charge in [-0.05, 0) is 47.9 Å². The second-order valence-electron chi connectivity index (χ2n) is 8.11. The summed E-state index contributed by atoms with van der Waals surface area (Å²) in [4.78, 5) is 15.7. The van der Waals surface area contributed by atoms with Crippen molar-refractivity contribution in [3.8, 4) is 0 Å². The molecular weight excluding hydrogens is 322 g/mol. The molecule has 2 aromatic carbocycles. The van der Waals surface area contributed by atoms with E-state index in [2.05, 4.69) is 58.2 Å². The lowest BCUT2D eigenvalue weighted by atomic mass is 9.77. The number of amides is 1. The van der Waals surface area contributed by atoms with Crippen molar-refractivity contribution in [1.29, 1.82) is 0 Å². The van der Waals surface area contributed by atoms with Crippen LogP contribution in [0.3, 0.4) is 0 Å². The Balaban J connectivity index is 1.46. The van der Waals surface area contributed by atoms with E-state index in [0.29, 0.717) is 17.9 Å². The first kappa shape index (κ1) is 16.3. The summed E-state index contributed by atoms with van der Waals surface area (Å²) in [5, 5.41) is 2.56. The molecule has 0 radical (unpaired) electrons. The van der Waals surface area contributed by atoms with Gasteiger partial charge in [0.1, 0.15) is 0 Å². The van der Waals surface area contributed by atoms with Crippen molar-refractivity contribution < 1.29 is 4.79 Å². The zero-order chi connectivity index (χ0) is 17.5. The molecule has 0 spiro atoms. The fourth-order valence-electron chi connectivity index (χ4n) is 5.43. The van der Waals surface area contributed by atoms with Crippen molar-refractivity contribution >= 4 is 16.7 Å². The molecule has 2 saturated heterocycles. The Morgan fingerprint density at radius 1 is 1.00 bits per heavy atom. The minimum Gasteiger partial charge on any atom is -0.335 e. The molecule has 3 aliphatic rings. The van der Waals surface area contributed by atoms with Gasteiger partial charge in [-0.15, -0.1) is 0 Å². The van der Waals surface area contributed by atoms with Gasteiger partial charge < -0.3 is 4.90 Å². The van der Waals surface area contributed by atoms with E-state index in [4.69, 9.17) is 0 Å². The van der Waals surface area contributed by atoms with Crippen LogP contribution in [-0.4, -0.2) is 29.9 Å². The quantitative estimate of drug-likeness (QED) is 0.873. The highest BCUT2D eigenvalue weighted by molar-refractivity contribution is 5.87. The number of hydrazine groups is 1. The van der Waals surface area contributed by atoms with E-state index in [0.717, 1.165) is 32.4 Å². The van der Waals surface area contributed by atoms with Gasteiger partial charge in [-0.2, -0.15) is 0 Å². The molecule has 1 saturated carbocycles. The summed E-state index contributed by atoms with van der Waals surface area (Å²) in [5.74, 6) is 1.10. The maximum absolute atomic E-state index is 13.5. The van der Waals surface area contributed by atoms with Crippen molar-refractivity contribution in [3.63, 3.8) is 0 Å². The summed E-state index contributed by atoms with van der Waals surface area (Å²) in [6.45, 7) is 1.90. The topological polar surface area (TPSA) is 44.4 Å². The Morgan fingerprint density at radius 3 is 2.85 bits per heavy atom. The molecule has 4 heteroatoms. The fraction of sp³-hybridized carbons (Fsp3) is 0.500. The van der Waals surface area contributed by atoms with Crippen LogP contribution in [0.5, 0.6) is 0 Å². The molecule has 2 N–H and O–H groups in total. The molecule has 0 bridgehead atoms. The Labute approximate surface area is 154 Å². The second kappa shape index (κ2) is 6.67. The van der Waals surface area contributed by atoms with E-state index >= 15 is 0 Å². The van der Waals surface area contributed by atoms with Gasteiger partial charge in [-0.25, -0.2) is 0 Å². The first-order valence-electron chi connectivity index (χ1n) is 10.1. The van der Waals surface area contributed by atoms with E-state index in [9.17, 15) is 4.79 Å². The Hall–Kier alpha value is -1.91. The SMILES string of the molecule is O=C(C1CCCC2CNNC21)N1CCCC1c1cccc2ccccc12. The Morgan fingerprint density at radius 2 is 1.88 bits per heavy atom. The summed E-state index contributed by atoms with van der Waals surface area (Å²) in [6.07, 6.45) is 5.61. The number of hydrogen-bond acceptors (Lipinski definition) is 3. The standard InChI is InChI=1S/C22H27N3O/c26-22(19-11-4-8-16-14-23-24-21(16)19)25-13-5-12-20(25)18-10-3-7-15-6-1-2-9-17(15)18/h1-3,6-7,9-10,16,19-21,23-24H,4-5,8,11-14H2. The summed E-state index contributed by atoms with van der Waals surface area (Å²) in [5.41, 5.74) is 8.00. The number of likely N-dealkylation sites (tertiary alicyclic amines) is 1. The third-order valence-corrected chi connectivity index (χ3v) is 6.70. The Bertz CT molecular complexity index is 815.